The van der Waals surface area contributed by atoms with E-state index in [1.165, 1.54) is 6.07 Å². The molecule has 0 saturated heterocycles. The van der Waals surface area contributed by atoms with Crippen LogP contribution in [0.15, 0.2) is 24.4 Å². The summed E-state index contributed by atoms with van der Waals surface area (Å²) in [5.41, 5.74) is 2.12. The molecule has 3 rings (SSSR count). The molecule has 0 fully saturated rings. The second-order valence-corrected chi connectivity index (χ2v) is 6.56. The van der Waals surface area contributed by atoms with Gasteiger partial charge in [0.05, 0.1) is 5.69 Å². The molecule has 0 atom stereocenters. The van der Waals surface area contributed by atoms with Gasteiger partial charge >= 0.3 is 0 Å². The van der Waals surface area contributed by atoms with E-state index in [0.29, 0.717) is 30.6 Å². The number of rotatable bonds is 3. The number of aromatic nitrogens is 2. The Balaban J connectivity index is 1.75. The van der Waals surface area contributed by atoms with Crippen LogP contribution < -0.4 is 0 Å². The molecule has 6 heteroatoms. The summed E-state index contributed by atoms with van der Waals surface area (Å²) in [7, 11) is 4.05. The van der Waals surface area contributed by atoms with Gasteiger partial charge in [0.2, 0.25) is 0 Å². The molecular formula is C18H23FN4O. The van der Waals surface area contributed by atoms with Gasteiger partial charge in [-0.05, 0) is 38.7 Å². The Morgan fingerprint density at radius 3 is 2.79 bits per heavy atom. The Labute approximate surface area is 141 Å². The van der Waals surface area contributed by atoms with Gasteiger partial charge in [0, 0.05) is 44.4 Å². The van der Waals surface area contributed by atoms with Crippen molar-refractivity contribution in [3.8, 4) is 0 Å². The normalized spacial score (nSPS) is 14.6. The number of benzene rings is 1. The van der Waals surface area contributed by atoms with Gasteiger partial charge in [-0.15, -0.1) is 0 Å². The first kappa shape index (κ1) is 16.6. The van der Waals surface area contributed by atoms with E-state index in [1.54, 1.807) is 24.0 Å². The van der Waals surface area contributed by atoms with E-state index >= 15 is 0 Å². The number of hydrogen-bond donors (Lipinski definition) is 0. The molecule has 128 valence electrons. The summed E-state index contributed by atoms with van der Waals surface area (Å²) in [5.74, 6) is 0.558. The Hall–Kier alpha value is -2.21. The summed E-state index contributed by atoms with van der Waals surface area (Å²) in [5, 5.41) is 0. The molecule has 2 aromatic rings. The van der Waals surface area contributed by atoms with Crippen molar-refractivity contribution in [3.05, 3.63) is 52.9 Å². The number of halogens is 1. The lowest BCUT2D eigenvalue weighted by atomic mass is 10.1. The Bertz CT molecular complexity index is 753. The van der Waals surface area contributed by atoms with E-state index in [2.05, 4.69) is 14.5 Å². The average molecular weight is 330 g/mol. The summed E-state index contributed by atoms with van der Waals surface area (Å²) in [6.07, 6.45) is 2.63. The summed E-state index contributed by atoms with van der Waals surface area (Å²) < 4.78 is 15.9. The highest BCUT2D eigenvalue weighted by atomic mass is 19.1. The molecule has 0 radical (unpaired) electrons. The number of carbonyl (C=O) groups excluding carboxylic acids is 1. The van der Waals surface area contributed by atoms with Crippen LogP contribution in [0.4, 0.5) is 4.39 Å². The van der Waals surface area contributed by atoms with Crippen molar-refractivity contribution in [1.29, 1.82) is 0 Å². The molecule has 0 bridgehead atoms. The molecule has 0 unspecified atom stereocenters. The summed E-state index contributed by atoms with van der Waals surface area (Å²) in [4.78, 5) is 21.1. The smallest absolute Gasteiger partial charge is 0.254 e. The van der Waals surface area contributed by atoms with E-state index in [1.807, 2.05) is 20.3 Å². The van der Waals surface area contributed by atoms with Gasteiger partial charge < -0.3 is 14.4 Å². The third-order valence-corrected chi connectivity index (χ3v) is 4.40. The number of carbonyl (C=O) groups is 1. The standard InChI is InChI=1S/C18H23FN4O/c1-13-4-5-14(10-16(13)19)18(24)22-7-6-17-20-11-15(12-21(2)3)23(17)9-8-22/h4-5,10-11H,6-9,12H2,1-3H3. The first-order valence-corrected chi connectivity index (χ1v) is 8.19. The van der Waals surface area contributed by atoms with Crippen molar-refractivity contribution in [3.63, 3.8) is 0 Å². The second kappa shape index (κ2) is 6.73. The lowest BCUT2D eigenvalue weighted by Gasteiger charge is -2.20. The molecule has 0 aliphatic carbocycles. The van der Waals surface area contributed by atoms with Crippen LogP contribution in [0, 0.1) is 12.7 Å². The zero-order valence-electron chi connectivity index (χ0n) is 14.4. The first-order valence-electron chi connectivity index (χ1n) is 8.19. The quantitative estimate of drug-likeness (QED) is 0.865. The minimum atomic E-state index is -0.336. The van der Waals surface area contributed by atoms with Crippen molar-refractivity contribution >= 4 is 5.91 Å². The van der Waals surface area contributed by atoms with Gasteiger partial charge in [-0.25, -0.2) is 9.37 Å². The molecule has 1 amide bonds. The Morgan fingerprint density at radius 1 is 1.29 bits per heavy atom. The van der Waals surface area contributed by atoms with Crippen LogP contribution in [0.2, 0.25) is 0 Å². The summed E-state index contributed by atoms with van der Waals surface area (Å²) in [6.45, 7) is 4.45. The molecular weight excluding hydrogens is 307 g/mol. The zero-order valence-corrected chi connectivity index (χ0v) is 14.4. The predicted molar refractivity (Wildman–Crippen MR) is 90.4 cm³/mol. The first-order chi connectivity index (χ1) is 11.5. The SMILES string of the molecule is Cc1ccc(C(=O)N2CCc3ncc(CN(C)C)n3CC2)cc1F. The molecule has 1 aliphatic rings. The van der Waals surface area contributed by atoms with E-state index in [-0.39, 0.29) is 11.7 Å². The van der Waals surface area contributed by atoms with Gasteiger partial charge in [0.25, 0.3) is 5.91 Å². The lowest BCUT2D eigenvalue weighted by molar-refractivity contribution is 0.0758. The predicted octanol–water partition coefficient (Wildman–Crippen LogP) is 2.09. The van der Waals surface area contributed by atoms with Gasteiger partial charge in [0.1, 0.15) is 11.6 Å². The highest BCUT2D eigenvalue weighted by molar-refractivity contribution is 5.94. The molecule has 24 heavy (non-hydrogen) atoms. The molecule has 1 aromatic carbocycles. The minimum Gasteiger partial charge on any atom is -0.336 e. The number of amides is 1. The molecule has 5 nitrogen and oxygen atoms in total. The highest BCUT2D eigenvalue weighted by Gasteiger charge is 2.22. The van der Waals surface area contributed by atoms with Crippen LogP contribution in [-0.2, 0) is 19.5 Å². The van der Waals surface area contributed by atoms with Crippen molar-refractivity contribution in [2.24, 2.45) is 0 Å². The number of nitrogens with zero attached hydrogens (tertiary/aromatic N) is 4. The number of aryl methyl sites for hydroxylation is 1. The third-order valence-electron chi connectivity index (χ3n) is 4.40. The molecule has 2 heterocycles. The van der Waals surface area contributed by atoms with Crippen LogP contribution in [-0.4, -0.2) is 52.4 Å². The van der Waals surface area contributed by atoms with Crippen LogP contribution in [0.3, 0.4) is 0 Å². The minimum absolute atomic E-state index is 0.117. The van der Waals surface area contributed by atoms with Gasteiger partial charge in [-0.3, -0.25) is 4.79 Å². The molecule has 0 N–H and O–H groups in total. The molecule has 1 aliphatic heterocycles. The largest absolute Gasteiger partial charge is 0.336 e. The average Bonchev–Trinajstić information content (AvgIpc) is 2.78. The second-order valence-electron chi connectivity index (χ2n) is 6.56. The monoisotopic (exact) mass is 330 g/mol. The van der Waals surface area contributed by atoms with Crippen LogP contribution >= 0.6 is 0 Å². The van der Waals surface area contributed by atoms with Crippen molar-refractivity contribution in [2.45, 2.75) is 26.4 Å². The zero-order chi connectivity index (χ0) is 17.3. The maximum Gasteiger partial charge on any atom is 0.254 e. The van der Waals surface area contributed by atoms with Crippen molar-refractivity contribution in [2.75, 3.05) is 27.2 Å². The van der Waals surface area contributed by atoms with Crippen molar-refractivity contribution in [1.82, 2.24) is 19.4 Å². The summed E-state index contributed by atoms with van der Waals surface area (Å²) >= 11 is 0. The molecule has 0 saturated carbocycles. The fourth-order valence-electron chi connectivity index (χ4n) is 3.06. The van der Waals surface area contributed by atoms with Crippen LogP contribution in [0.1, 0.15) is 27.4 Å². The Morgan fingerprint density at radius 2 is 2.08 bits per heavy atom. The Kier molecular flexibility index (Phi) is 4.66. The van der Waals surface area contributed by atoms with Gasteiger partial charge in [-0.1, -0.05) is 6.07 Å². The summed E-state index contributed by atoms with van der Waals surface area (Å²) in [6, 6.07) is 4.68. The fourth-order valence-corrected chi connectivity index (χ4v) is 3.06. The highest BCUT2D eigenvalue weighted by Crippen LogP contribution is 2.16. The molecule has 1 aromatic heterocycles. The van der Waals surface area contributed by atoms with Gasteiger partial charge in [-0.2, -0.15) is 0 Å². The lowest BCUT2D eigenvalue weighted by Crippen LogP contribution is -2.33. The van der Waals surface area contributed by atoms with E-state index in [0.717, 1.165) is 24.6 Å². The van der Waals surface area contributed by atoms with Crippen LogP contribution in [0.25, 0.3) is 0 Å². The number of imidazole rings is 1. The van der Waals surface area contributed by atoms with E-state index in [9.17, 15) is 9.18 Å². The van der Waals surface area contributed by atoms with Crippen LogP contribution in [0.5, 0.6) is 0 Å². The van der Waals surface area contributed by atoms with Gasteiger partial charge in [0.15, 0.2) is 0 Å². The molecule has 0 spiro atoms. The topological polar surface area (TPSA) is 41.4 Å². The van der Waals surface area contributed by atoms with E-state index in [4.69, 9.17) is 0 Å². The maximum atomic E-state index is 13.7. The van der Waals surface area contributed by atoms with E-state index < -0.39 is 0 Å². The number of fused-ring (bicyclic) bond motifs is 1. The number of hydrogen-bond acceptors (Lipinski definition) is 3. The maximum absolute atomic E-state index is 13.7. The third kappa shape index (κ3) is 3.33. The van der Waals surface area contributed by atoms with Crippen molar-refractivity contribution < 1.29 is 9.18 Å². The fraction of sp³-hybridized carbons (Fsp3) is 0.444.